The highest BCUT2D eigenvalue weighted by atomic mass is 35.5. The van der Waals surface area contributed by atoms with Gasteiger partial charge in [0.25, 0.3) is 0 Å². The number of benzene rings is 3. The van der Waals surface area contributed by atoms with Crippen molar-refractivity contribution < 1.29 is 32.4 Å². The molecular formula is C26H24ClF3N4O4. The Balaban J connectivity index is 1.37. The molecule has 38 heavy (non-hydrogen) atoms. The minimum Gasteiger partial charge on any atom is -0.326 e. The van der Waals surface area contributed by atoms with Gasteiger partial charge in [-0.3, -0.25) is 14.4 Å². The first-order chi connectivity index (χ1) is 18.1. The van der Waals surface area contributed by atoms with Crippen molar-refractivity contribution >= 4 is 46.5 Å². The van der Waals surface area contributed by atoms with Crippen LogP contribution in [0, 0.1) is 0 Å². The number of anilines is 3. The van der Waals surface area contributed by atoms with E-state index in [-0.39, 0.29) is 37.0 Å². The highest BCUT2D eigenvalue weighted by Crippen LogP contribution is 2.36. The maximum atomic E-state index is 13.0. The number of carbonyl (C=O) groups excluding carboxylic acids is 3. The number of urea groups is 1. The van der Waals surface area contributed by atoms with Crippen molar-refractivity contribution in [1.29, 1.82) is 0 Å². The molecule has 0 aromatic heterocycles. The predicted molar refractivity (Wildman–Crippen MR) is 137 cm³/mol. The molecule has 0 spiro atoms. The second-order valence-corrected chi connectivity index (χ2v) is 8.46. The van der Waals surface area contributed by atoms with E-state index in [4.69, 9.17) is 16.4 Å². The lowest BCUT2D eigenvalue weighted by Gasteiger charge is -2.12. The van der Waals surface area contributed by atoms with Crippen LogP contribution >= 0.6 is 11.6 Å². The Kier molecular flexibility index (Phi) is 10.1. The summed E-state index contributed by atoms with van der Waals surface area (Å²) in [7, 11) is 0. The van der Waals surface area contributed by atoms with Crippen molar-refractivity contribution in [2.75, 3.05) is 16.0 Å². The fourth-order valence-corrected chi connectivity index (χ4v) is 3.43. The van der Waals surface area contributed by atoms with Crippen LogP contribution in [-0.2, 0) is 27.2 Å². The number of rotatable bonds is 10. The van der Waals surface area contributed by atoms with Crippen LogP contribution in [0.1, 0.15) is 30.4 Å². The monoisotopic (exact) mass is 548 g/mol. The number of hydroxylamine groups is 1. The van der Waals surface area contributed by atoms with Gasteiger partial charge in [0, 0.05) is 29.9 Å². The van der Waals surface area contributed by atoms with Gasteiger partial charge in [-0.25, -0.2) is 10.3 Å². The van der Waals surface area contributed by atoms with Crippen molar-refractivity contribution in [2.24, 2.45) is 0 Å². The Morgan fingerprint density at radius 2 is 1.34 bits per heavy atom. The minimum absolute atomic E-state index is 0.0838. The summed E-state index contributed by atoms with van der Waals surface area (Å²) >= 11 is 5.58. The first kappa shape index (κ1) is 28.5. The minimum atomic E-state index is -4.66. The van der Waals surface area contributed by atoms with Crippen LogP contribution in [-0.4, -0.2) is 17.8 Å². The molecule has 0 aliphatic carbocycles. The van der Waals surface area contributed by atoms with E-state index < -0.39 is 22.8 Å². The van der Waals surface area contributed by atoms with Crippen LogP contribution in [0.4, 0.5) is 35.0 Å². The summed E-state index contributed by atoms with van der Waals surface area (Å²) in [5.74, 6) is -0.639. The van der Waals surface area contributed by atoms with Gasteiger partial charge in [0.05, 0.1) is 17.2 Å². The van der Waals surface area contributed by atoms with E-state index in [1.54, 1.807) is 12.1 Å². The van der Waals surface area contributed by atoms with Gasteiger partial charge >= 0.3 is 12.2 Å². The second kappa shape index (κ2) is 13.5. The molecule has 3 aromatic carbocycles. The fraction of sp³-hybridized carbons (Fsp3) is 0.192. The molecule has 200 valence electrons. The van der Waals surface area contributed by atoms with Gasteiger partial charge in [0.15, 0.2) is 0 Å². The first-order valence-electron chi connectivity index (χ1n) is 11.4. The molecule has 4 N–H and O–H groups in total. The molecule has 0 fully saturated rings. The number of alkyl halides is 3. The molecule has 0 heterocycles. The fourth-order valence-electron chi connectivity index (χ4n) is 3.21. The zero-order valence-electron chi connectivity index (χ0n) is 19.9. The lowest BCUT2D eigenvalue weighted by molar-refractivity contribution is -0.137. The van der Waals surface area contributed by atoms with Gasteiger partial charge in [-0.05, 0) is 54.4 Å². The number of nitrogens with one attached hydrogen (secondary N) is 4. The van der Waals surface area contributed by atoms with E-state index in [2.05, 4.69) is 21.4 Å². The van der Waals surface area contributed by atoms with Crippen molar-refractivity contribution in [1.82, 2.24) is 5.48 Å². The van der Waals surface area contributed by atoms with Crippen LogP contribution < -0.4 is 21.4 Å². The normalized spacial score (nSPS) is 10.9. The molecule has 12 heteroatoms. The largest absolute Gasteiger partial charge is 0.417 e. The highest BCUT2D eigenvalue weighted by Gasteiger charge is 2.33. The number of halogens is 4. The number of amides is 4. The SMILES string of the molecule is O=C(CCCC(=O)Nc1ccc(NC(=O)Nc2ccc(Cl)c(C(F)(F)F)c2)cc1)NOCc1ccccc1. The Bertz CT molecular complexity index is 1260. The quantitative estimate of drug-likeness (QED) is 0.221. The van der Waals surface area contributed by atoms with Gasteiger partial charge in [0.1, 0.15) is 0 Å². The third kappa shape index (κ3) is 9.41. The third-order valence-corrected chi connectivity index (χ3v) is 5.36. The first-order valence-corrected chi connectivity index (χ1v) is 11.8. The summed E-state index contributed by atoms with van der Waals surface area (Å²) < 4.78 is 38.9. The standard InChI is InChI=1S/C26H24ClF3N4O4/c27-22-14-13-20(15-21(22)26(28,29)30)33-25(37)32-19-11-9-18(10-12-19)31-23(35)7-4-8-24(36)34-38-16-17-5-2-1-3-6-17/h1-3,5-6,9-15H,4,7-8,16H2,(H,31,35)(H,34,36)(H2,32,33,37). The summed E-state index contributed by atoms with van der Waals surface area (Å²) in [6, 6.07) is 17.7. The van der Waals surface area contributed by atoms with Crippen LogP contribution in [0.15, 0.2) is 72.8 Å². The summed E-state index contributed by atoms with van der Waals surface area (Å²) in [6.45, 7) is 0.236. The van der Waals surface area contributed by atoms with Crippen LogP contribution in [0.2, 0.25) is 5.02 Å². The van der Waals surface area contributed by atoms with Crippen LogP contribution in [0.25, 0.3) is 0 Å². The van der Waals surface area contributed by atoms with E-state index in [1.807, 2.05) is 30.3 Å². The molecule has 0 aliphatic rings. The van der Waals surface area contributed by atoms with Crippen molar-refractivity contribution in [2.45, 2.75) is 32.0 Å². The zero-order chi connectivity index (χ0) is 27.5. The lowest BCUT2D eigenvalue weighted by Crippen LogP contribution is -2.23. The average molecular weight is 549 g/mol. The molecule has 3 aromatic rings. The molecule has 0 saturated carbocycles. The van der Waals surface area contributed by atoms with Crippen LogP contribution in [0.5, 0.6) is 0 Å². The van der Waals surface area contributed by atoms with Gasteiger partial charge < -0.3 is 16.0 Å². The van der Waals surface area contributed by atoms with E-state index in [0.717, 1.165) is 17.7 Å². The van der Waals surface area contributed by atoms with Crippen LogP contribution in [0.3, 0.4) is 0 Å². The van der Waals surface area contributed by atoms with Crippen molar-refractivity contribution in [3.63, 3.8) is 0 Å². The summed E-state index contributed by atoms with van der Waals surface area (Å²) in [6.07, 6.45) is -4.13. The Hall–Kier alpha value is -4.09. The zero-order valence-corrected chi connectivity index (χ0v) is 20.7. The summed E-state index contributed by atoms with van der Waals surface area (Å²) in [5.41, 5.74) is 2.91. The number of hydrogen-bond acceptors (Lipinski definition) is 4. The molecule has 0 bridgehead atoms. The molecule has 0 saturated heterocycles. The molecule has 0 atom stereocenters. The molecule has 0 unspecified atom stereocenters. The predicted octanol–water partition coefficient (Wildman–Crippen LogP) is 6.36. The van der Waals surface area contributed by atoms with E-state index in [9.17, 15) is 27.6 Å². The number of hydrogen-bond donors (Lipinski definition) is 4. The van der Waals surface area contributed by atoms with E-state index in [0.29, 0.717) is 17.8 Å². The summed E-state index contributed by atoms with van der Waals surface area (Å²) in [4.78, 5) is 41.3. The average Bonchev–Trinajstić information content (AvgIpc) is 2.86. The molecular weight excluding hydrogens is 525 g/mol. The van der Waals surface area contributed by atoms with E-state index >= 15 is 0 Å². The Labute approximate surface area is 221 Å². The smallest absolute Gasteiger partial charge is 0.326 e. The molecule has 0 aliphatic heterocycles. The molecule has 8 nitrogen and oxygen atoms in total. The lowest BCUT2D eigenvalue weighted by atomic mass is 10.2. The highest BCUT2D eigenvalue weighted by molar-refractivity contribution is 6.31. The maximum Gasteiger partial charge on any atom is 0.417 e. The molecule has 4 amide bonds. The Morgan fingerprint density at radius 1 is 0.763 bits per heavy atom. The molecule has 0 radical (unpaired) electrons. The Morgan fingerprint density at radius 3 is 2.00 bits per heavy atom. The van der Waals surface area contributed by atoms with Gasteiger partial charge in [-0.15, -0.1) is 0 Å². The third-order valence-electron chi connectivity index (χ3n) is 5.03. The van der Waals surface area contributed by atoms with Gasteiger partial charge in [0.2, 0.25) is 11.8 Å². The second-order valence-electron chi connectivity index (χ2n) is 8.05. The molecule has 3 rings (SSSR count). The van der Waals surface area contributed by atoms with Gasteiger partial charge in [-0.2, -0.15) is 13.2 Å². The van der Waals surface area contributed by atoms with E-state index in [1.165, 1.54) is 18.2 Å². The van der Waals surface area contributed by atoms with Crippen molar-refractivity contribution in [3.8, 4) is 0 Å². The topological polar surface area (TPSA) is 109 Å². The van der Waals surface area contributed by atoms with Gasteiger partial charge in [-0.1, -0.05) is 41.9 Å². The number of carbonyl (C=O) groups is 3. The van der Waals surface area contributed by atoms with Crippen molar-refractivity contribution in [3.05, 3.63) is 88.9 Å². The maximum absolute atomic E-state index is 13.0. The summed E-state index contributed by atoms with van der Waals surface area (Å²) in [5, 5.41) is 7.00.